The third-order valence-corrected chi connectivity index (χ3v) is 5.20. The maximum atomic E-state index is 12.0. The normalized spacial score (nSPS) is 16.3. The van der Waals surface area contributed by atoms with E-state index < -0.39 is 5.60 Å². The highest BCUT2D eigenvalue weighted by molar-refractivity contribution is 9.10. The van der Waals surface area contributed by atoms with Gasteiger partial charge in [-0.3, -0.25) is 0 Å². The molecule has 0 aliphatic carbocycles. The molecule has 1 aliphatic heterocycles. The fraction of sp³-hybridized carbons (Fsp3) is 0.588. The van der Waals surface area contributed by atoms with Gasteiger partial charge < -0.3 is 15.0 Å². The maximum Gasteiger partial charge on any atom is 0.410 e. The number of carbonyl (C=O) groups excluding carboxylic acids is 1. The zero-order valence-corrected chi connectivity index (χ0v) is 16.2. The number of amides is 1. The first kappa shape index (κ1) is 18.4. The summed E-state index contributed by atoms with van der Waals surface area (Å²) < 4.78 is 6.32. The molecule has 1 aliphatic rings. The smallest absolute Gasteiger partial charge is 0.410 e. The molecule has 128 valence electrons. The molecule has 2 rings (SSSR count). The van der Waals surface area contributed by atoms with Crippen molar-refractivity contribution in [3.63, 3.8) is 0 Å². The summed E-state index contributed by atoms with van der Waals surface area (Å²) in [5.74, 6) is 0.541. The molecule has 0 radical (unpaired) electrons. The van der Waals surface area contributed by atoms with Crippen molar-refractivity contribution in [2.45, 2.75) is 39.2 Å². The molecule has 23 heavy (non-hydrogen) atoms. The molecule has 0 atom stereocenters. The van der Waals surface area contributed by atoms with Crippen LogP contribution in [0.1, 0.15) is 33.6 Å². The van der Waals surface area contributed by atoms with E-state index in [9.17, 15) is 4.79 Å². The summed E-state index contributed by atoms with van der Waals surface area (Å²) in [5.41, 5.74) is 0.570. The number of rotatable bonds is 3. The number of benzene rings is 1. The number of ether oxygens (including phenoxy) is 1. The summed E-state index contributed by atoms with van der Waals surface area (Å²) in [7, 11) is 0. The van der Waals surface area contributed by atoms with Crippen LogP contribution in [0.3, 0.4) is 0 Å². The Labute approximate surface area is 151 Å². The lowest BCUT2D eigenvalue weighted by Crippen LogP contribution is -2.42. The minimum absolute atomic E-state index is 0.207. The highest BCUT2D eigenvalue weighted by atomic mass is 79.9. The second-order valence-corrected chi connectivity index (χ2v) is 8.09. The fourth-order valence-electron chi connectivity index (χ4n) is 2.54. The second kappa shape index (κ2) is 7.75. The number of nitrogens with one attached hydrogen (secondary N) is 1. The third-order valence-electron chi connectivity index (χ3n) is 3.80. The zero-order chi connectivity index (χ0) is 17.0. The molecular formula is C17H24BrClN2O2. The van der Waals surface area contributed by atoms with Gasteiger partial charge >= 0.3 is 6.09 Å². The van der Waals surface area contributed by atoms with Gasteiger partial charge in [-0.25, -0.2) is 4.79 Å². The molecule has 1 aromatic rings. The van der Waals surface area contributed by atoms with Gasteiger partial charge in [0.1, 0.15) is 5.60 Å². The van der Waals surface area contributed by atoms with Crippen molar-refractivity contribution in [1.82, 2.24) is 4.90 Å². The molecular weight excluding hydrogens is 380 g/mol. The van der Waals surface area contributed by atoms with Crippen LogP contribution in [0, 0.1) is 5.92 Å². The van der Waals surface area contributed by atoms with E-state index in [1.54, 1.807) is 4.90 Å². The number of piperidine rings is 1. The Morgan fingerprint density at radius 2 is 2.04 bits per heavy atom. The van der Waals surface area contributed by atoms with Crippen LogP contribution in [-0.4, -0.2) is 36.2 Å². The van der Waals surface area contributed by atoms with E-state index >= 15 is 0 Å². The van der Waals surface area contributed by atoms with E-state index in [2.05, 4.69) is 21.2 Å². The standard InChI is InChI=1S/C17H24BrClN2O2/c1-17(2,3)23-16(22)21-9-7-12(8-10-21)11-20-14-6-4-5-13(19)15(14)18/h4-6,12,20H,7-11H2,1-3H3. The predicted octanol–water partition coefficient (Wildman–Crippen LogP) is 5.16. The van der Waals surface area contributed by atoms with Gasteiger partial charge in [0.05, 0.1) is 9.50 Å². The minimum Gasteiger partial charge on any atom is -0.444 e. The SMILES string of the molecule is CC(C)(C)OC(=O)N1CCC(CNc2cccc(Cl)c2Br)CC1. The summed E-state index contributed by atoms with van der Waals surface area (Å²) in [6, 6.07) is 5.79. The number of hydrogen-bond acceptors (Lipinski definition) is 3. The van der Waals surface area contributed by atoms with Crippen molar-refractivity contribution in [1.29, 1.82) is 0 Å². The van der Waals surface area contributed by atoms with Gasteiger partial charge in [-0.15, -0.1) is 0 Å². The molecule has 0 aromatic heterocycles. The van der Waals surface area contributed by atoms with Crippen molar-refractivity contribution in [2.75, 3.05) is 25.0 Å². The monoisotopic (exact) mass is 402 g/mol. The molecule has 0 spiro atoms. The van der Waals surface area contributed by atoms with Crippen LogP contribution in [-0.2, 0) is 4.74 Å². The van der Waals surface area contributed by atoms with Gasteiger partial charge in [-0.05, 0) is 67.6 Å². The largest absolute Gasteiger partial charge is 0.444 e. The first-order valence-electron chi connectivity index (χ1n) is 7.92. The van der Waals surface area contributed by atoms with Gasteiger partial charge in [0.2, 0.25) is 0 Å². The lowest BCUT2D eigenvalue weighted by molar-refractivity contribution is 0.0188. The average Bonchev–Trinajstić information content (AvgIpc) is 2.47. The Morgan fingerprint density at radius 1 is 1.39 bits per heavy atom. The summed E-state index contributed by atoms with van der Waals surface area (Å²) in [6.45, 7) is 8.05. The summed E-state index contributed by atoms with van der Waals surface area (Å²) in [5, 5.41) is 4.14. The Bertz CT molecular complexity index is 552. The summed E-state index contributed by atoms with van der Waals surface area (Å²) in [6.07, 6.45) is 1.75. The molecule has 0 saturated carbocycles. The molecule has 1 fully saturated rings. The molecule has 0 bridgehead atoms. The lowest BCUT2D eigenvalue weighted by Gasteiger charge is -2.33. The van der Waals surface area contributed by atoms with Crippen LogP contribution < -0.4 is 5.32 Å². The maximum absolute atomic E-state index is 12.0. The van der Waals surface area contributed by atoms with E-state index in [1.807, 2.05) is 39.0 Å². The van der Waals surface area contributed by atoms with Crippen molar-refractivity contribution in [2.24, 2.45) is 5.92 Å². The number of carbonyl (C=O) groups is 1. The van der Waals surface area contributed by atoms with Crippen LogP contribution in [0.15, 0.2) is 22.7 Å². The highest BCUT2D eigenvalue weighted by Crippen LogP contribution is 2.30. The molecule has 1 aromatic carbocycles. The zero-order valence-electron chi connectivity index (χ0n) is 13.9. The van der Waals surface area contributed by atoms with Crippen LogP contribution in [0.4, 0.5) is 10.5 Å². The second-order valence-electron chi connectivity index (χ2n) is 6.89. The molecule has 0 unspecified atom stereocenters. The molecule has 1 saturated heterocycles. The van der Waals surface area contributed by atoms with E-state index in [-0.39, 0.29) is 6.09 Å². The number of likely N-dealkylation sites (tertiary alicyclic amines) is 1. The number of anilines is 1. The molecule has 1 amide bonds. The van der Waals surface area contributed by atoms with Crippen molar-refractivity contribution in [3.05, 3.63) is 27.7 Å². The van der Waals surface area contributed by atoms with Crippen LogP contribution >= 0.6 is 27.5 Å². The molecule has 4 nitrogen and oxygen atoms in total. The van der Waals surface area contributed by atoms with Crippen molar-refractivity contribution < 1.29 is 9.53 Å². The fourth-order valence-corrected chi connectivity index (χ4v) is 3.12. The minimum atomic E-state index is -0.436. The first-order chi connectivity index (χ1) is 10.8. The van der Waals surface area contributed by atoms with E-state index in [0.29, 0.717) is 10.9 Å². The molecule has 6 heteroatoms. The van der Waals surface area contributed by atoms with Gasteiger partial charge in [-0.2, -0.15) is 0 Å². The summed E-state index contributed by atoms with van der Waals surface area (Å²) >= 11 is 9.59. The van der Waals surface area contributed by atoms with Gasteiger partial charge in [0.25, 0.3) is 0 Å². The average molecular weight is 404 g/mol. The van der Waals surface area contributed by atoms with Crippen molar-refractivity contribution in [3.8, 4) is 0 Å². The quantitative estimate of drug-likeness (QED) is 0.757. The topological polar surface area (TPSA) is 41.6 Å². The predicted molar refractivity (Wildman–Crippen MR) is 98.2 cm³/mol. The van der Waals surface area contributed by atoms with Crippen LogP contribution in [0.5, 0.6) is 0 Å². The number of hydrogen-bond donors (Lipinski definition) is 1. The molecule has 1 heterocycles. The van der Waals surface area contributed by atoms with Gasteiger partial charge in [0.15, 0.2) is 0 Å². The summed E-state index contributed by atoms with van der Waals surface area (Å²) in [4.78, 5) is 13.9. The molecule has 1 N–H and O–H groups in total. The Balaban J connectivity index is 1.79. The van der Waals surface area contributed by atoms with E-state index in [0.717, 1.165) is 42.6 Å². The highest BCUT2D eigenvalue weighted by Gasteiger charge is 2.26. The van der Waals surface area contributed by atoms with Gasteiger partial charge in [0, 0.05) is 25.3 Å². The first-order valence-corrected chi connectivity index (χ1v) is 9.09. The Morgan fingerprint density at radius 3 is 2.65 bits per heavy atom. The van der Waals surface area contributed by atoms with E-state index in [1.165, 1.54) is 0 Å². The van der Waals surface area contributed by atoms with Crippen LogP contribution in [0.2, 0.25) is 5.02 Å². The number of nitrogens with zero attached hydrogens (tertiary/aromatic N) is 1. The lowest BCUT2D eigenvalue weighted by atomic mass is 9.97. The Hall–Kier alpha value is -0.940. The van der Waals surface area contributed by atoms with Crippen molar-refractivity contribution >= 4 is 39.3 Å². The van der Waals surface area contributed by atoms with E-state index in [4.69, 9.17) is 16.3 Å². The number of halogens is 2. The third kappa shape index (κ3) is 5.57. The van der Waals surface area contributed by atoms with Crippen LogP contribution in [0.25, 0.3) is 0 Å². The van der Waals surface area contributed by atoms with Gasteiger partial charge in [-0.1, -0.05) is 17.7 Å². The Kier molecular flexibility index (Phi) is 6.20.